The third kappa shape index (κ3) is 5.89. The zero-order valence-corrected chi connectivity index (χ0v) is 27.1. The second kappa shape index (κ2) is 12.7. The Labute approximate surface area is 270 Å². The summed E-state index contributed by atoms with van der Waals surface area (Å²) in [5, 5.41) is 15.9. The SMILES string of the molecule is CCOC(=O)C1=C(CN2CCN3C(=O)N(CC4(C(=O)O)CCOCC4)C[C@]3(C)C2)NC(c2nccs2)=N[C@H]1c1cccc(F)c1C. The number of aliphatic imine (C=N–C) groups is 1. The number of nitrogens with zero attached hydrogens (tertiary/aromatic N) is 5. The van der Waals surface area contributed by atoms with Crippen molar-refractivity contribution in [2.45, 2.75) is 45.2 Å². The van der Waals surface area contributed by atoms with Crippen molar-refractivity contribution in [3.63, 3.8) is 0 Å². The van der Waals surface area contributed by atoms with Gasteiger partial charge in [-0.3, -0.25) is 14.7 Å². The van der Waals surface area contributed by atoms with Crippen molar-refractivity contribution < 1.29 is 33.4 Å². The molecule has 0 radical (unpaired) electrons. The van der Waals surface area contributed by atoms with Gasteiger partial charge in [-0.2, -0.15) is 0 Å². The highest BCUT2D eigenvalue weighted by Crippen LogP contribution is 2.39. The number of aromatic nitrogens is 1. The summed E-state index contributed by atoms with van der Waals surface area (Å²) in [6.07, 6.45) is 2.40. The number of halogens is 1. The lowest BCUT2D eigenvalue weighted by Crippen LogP contribution is -2.60. The normalized spacial score (nSPS) is 24.8. The molecule has 5 heterocycles. The lowest BCUT2D eigenvalue weighted by molar-refractivity contribution is -0.156. The van der Waals surface area contributed by atoms with E-state index in [0.29, 0.717) is 92.0 Å². The van der Waals surface area contributed by atoms with Crippen LogP contribution < -0.4 is 5.32 Å². The zero-order valence-electron chi connectivity index (χ0n) is 26.3. The number of esters is 1. The van der Waals surface area contributed by atoms with Crippen LogP contribution in [-0.2, 0) is 19.1 Å². The van der Waals surface area contributed by atoms with Crippen LogP contribution in [0.2, 0.25) is 0 Å². The minimum absolute atomic E-state index is 0.138. The van der Waals surface area contributed by atoms with Gasteiger partial charge in [-0.15, -0.1) is 11.3 Å². The van der Waals surface area contributed by atoms with Crippen LogP contribution in [0.25, 0.3) is 0 Å². The number of aliphatic carboxylic acids is 1. The number of ether oxygens (including phenoxy) is 2. The van der Waals surface area contributed by atoms with Crippen molar-refractivity contribution in [1.82, 2.24) is 25.0 Å². The molecule has 0 spiro atoms. The summed E-state index contributed by atoms with van der Waals surface area (Å²) in [6.45, 7) is 8.60. The number of nitrogens with one attached hydrogen (secondary N) is 1. The van der Waals surface area contributed by atoms with E-state index in [4.69, 9.17) is 14.5 Å². The minimum atomic E-state index is -1.03. The Bertz CT molecular complexity index is 1570. The molecule has 3 saturated heterocycles. The second-order valence-electron chi connectivity index (χ2n) is 12.6. The molecule has 0 saturated carbocycles. The molecule has 2 N–H and O–H groups in total. The van der Waals surface area contributed by atoms with Gasteiger partial charge in [0, 0.05) is 69.8 Å². The average molecular weight is 655 g/mol. The maximum Gasteiger partial charge on any atom is 0.338 e. The van der Waals surface area contributed by atoms with Crippen LogP contribution in [-0.4, -0.2) is 113 Å². The number of carboxylic acid groups (broad SMARTS) is 1. The molecule has 0 aliphatic carbocycles. The third-order valence-corrected chi connectivity index (χ3v) is 10.3. The molecule has 2 amide bonds. The molecule has 3 fully saturated rings. The number of fused-ring (bicyclic) bond motifs is 1. The van der Waals surface area contributed by atoms with Crippen LogP contribution in [0, 0.1) is 18.2 Å². The summed E-state index contributed by atoms with van der Waals surface area (Å²) in [5.41, 5.74) is 0.231. The number of carboxylic acids is 1. The van der Waals surface area contributed by atoms with Crippen molar-refractivity contribution in [2.75, 3.05) is 59.1 Å². The van der Waals surface area contributed by atoms with Gasteiger partial charge in [0.25, 0.3) is 0 Å². The molecule has 2 aromatic rings. The van der Waals surface area contributed by atoms with Gasteiger partial charge in [0.1, 0.15) is 11.9 Å². The number of piperazine rings is 1. The molecule has 46 heavy (non-hydrogen) atoms. The molecule has 6 rings (SSSR count). The Morgan fingerprint density at radius 1 is 1.24 bits per heavy atom. The zero-order chi connectivity index (χ0) is 32.6. The van der Waals surface area contributed by atoms with Gasteiger partial charge < -0.3 is 29.7 Å². The minimum Gasteiger partial charge on any atom is -0.481 e. The number of rotatable bonds is 9. The molecular formula is C32H39FN6O6S. The van der Waals surface area contributed by atoms with Gasteiger partial charge >= 0.3 is 18.0 Å². The van der Waals surface area contributed by atoms with E-state index in [0.717, 1.165) is 0 Å². The standard InChI is InChI=1S/C32H39FN6O6S/c1-4-45-28(40)24-23(35-26(27-34-10-15-46-27)36-25(24)21-6-5-7-22(33)20(21)2)16-37-11-12-39-30(43)38(18-31(39,3)17-37)19-32(29(41)42)8-13-44-14-9-32/h5-7,10,15,25H,4,8-9,11-14,16-19H2,1-3H3,(H,35,36)(H,41,42)/t25-,31-/m0/s1. The number of amides is 2. The summed E-state index contributed by atoms with van der Waals surface area (Å²) < 4.78 is 25.8. The number of hydrogen-bond donors (Lipinski definition) is 2. The molecule has 12 nitrogen and oxygen atoms in total. The van der Waals surface area contributed by atoms with E-state index in [1.54, 1.807) is 37.1 Å². The Kier molecular flexibility index (Phi) is 8.87. The molecule has 1 aromatic heterocycles. The van der Waals surface area contributed by atoms with Crippen LogP contribution in [0.4, 0.5) is 9.18 Å². The van der Waals surface area contributed by atoms with Gasteiger partial charge in [-0.05, 0) is 50.8 Å². The molecule has 0 bridgehead atoms. The van der Waals surface area contributed by atoms with E-state index >= 15 is 0 Å². The highest BCUT2D eigenvalue weighted by molar-refractivity contribution is 7.11. The smallest absolute Gasteiger partial charge is 0.338 e. The Morgan fingerprint density at radius 3 is 2.72 bits per heavy atom. The van der Waals surface area contributed by atoms with Crippen LogP contribution >= 0.6 is 11.3 Å². The lowest BCUT2D eigenvalue weighted by atomic mass is 9.79. The number of urea groups is 1. The van der Waals surface area contributed by atoms with Gasteiger partial charge in [0.15, 0.2) is 10.8 Å². The fraction of sp³-hybridized carbons (Fsp3) is 0.531. The molecule has 246 valence electrons. The highest BCUT2D eigenvalue weighted by Gasteiger charge is 2.53. The van der Waals surface area contributed by atoms with E-state index in [-0.39, 0.29) is 19.2 Å². The average Bonchev–Trinajstić information content (AvgIpc) is 3.65. The third-order valence-electron chi connectivity index (χ3n) is 9.53. The van der Waals surface area contributed by atoms with Gasteiger partial charge in [0.05, 0.1) is 23.1 Å². The van der Waals surface area contributed by atoms with Gasteiger partial charge in [-0.1, -0.05) is 12.1 Å². The summed E-state index contributed by atoms with van der Waals surface area (Å²) in [4.78, 5) is 54.6. The van der Waals surface area contributed by atoms with Crippen molar-refractivity contribution in [3.05, 3.63) is 63.0 Å². The number of hydrogen-bond acceptors (Lipinski definition) is 10. The van der Waals surface area contributed by atoms with Crippen molar-refractivity contribution in [2.24, 2.45) is 10.4 Å². The van der Waals surface area contributed by atoms with E-state index in [1.165, 1.54) is 17.4 Å². The molecule has 0 unspecified atom stereocenters. The fourth-order valence-electron chi connectivity index (χ4n) is 7.08. The highest BCUT2D eigenvalue weighted by atomic mass is 32.1. The molecule has 14 heteroatoms. The van der Waals surface area contributed by atoms with Crippen molar-refractivity contribution in [3.8, 4) is 0 Å². The van der Waals surface area contributed by atoms with E-state index in [1.807, 2.05) is 17.2 Å². The molecule has 4 aliphatic heterocycles. The lowest BCUT2D eigenvalue weighted by Gasteiger charge is -2.44. The summed E-state index contributed by atoms with van der Waals surface area (Å²) in [7, 11) is 0. The first-order valence-electron chi connectivity index (χ1n) is 15.5. The van der Waals surface area contributed by atoms with Crippen LogP contribution in [0.15, 0.2) is 46.0 Å². The van der Waals surface area contributed by atoms with Gasteiger partial charge in [-0.25, -0.2) is 19.0 Å². The Hall–Kier alpha value is -3.88. The maximum atomic E-state index is 14.8. The van der Waals surface area contributed by atoms with E-state index < -0.39 is 34.8 Å². The number of thiazole rings is 1. The fourth-order valence-corrected chi connectivity index (χ4v) is 7.67. The molecular weight excluding hydrogens is 615 g/mol. The summed E-state index contributed by atoms with van der Waals surface area (Å²) >= 11 is 1.40. The van der Waals surface area contributed by atoms with E-state index in [9.17, 15) is 23.9 Å². The number of carbonyl (C=O) groups excluding carboxylic acids is 2. The van der Waals surface area contributed by atoms with Crippen molar-refractivity contribution >= 4 is 35.1 Å². The number of carbonyl (C=O) groups is 3. The number of benzene rings is 1. The number of amidine groups is 1. The first kappa shape index (κ1) is 32.1. The topological polar surface area (TPSA) is 137 Å². The van der Waals surface area contributed by atoms with Crippen LogP contribution in [0.1, 0.15) is 48.9 Å². The molecule has 4 aliphatic rings. The maximum absolute atomic E-state index is 14.8. The Balaban J connectivity index is 1.30. The molecule has 2 atom stereocenters. The van der Waals surface area contributed by atoms with Crippen LogP contribution in [0.3, 0.4) is 0 Å². The van der Waals surface area contributed by atoms with Crippen LogP contribution in [0.5, 0.6) is 0 Å². The second-order valence-corrected chi connectivity index (χ2v) is 13.5. The first-order valence-corrected chi connectivity index (χ1v) is 16.4. The van der Waals surface area contributed by atoms with Crippen molar-refractivity contribution in [1.29, 1.82) is 0 Å². The summed E-state index contributed by atoms with van der Waals surface area (Å²) in [5.74, 6) is -1.35. The van der Waals surface area contributed by atoms with Gasteiger partial charge in [0.2, 0.25) is 0 Å². The Morgan fingerprint density at radius 2 is 2.02 bits per heavy atom. The van der Waals surface area contributed by atoms with E-state index in [2.05, 4.69) is 15.2 Å². The largest absolute Gasteiger partial charge is 0.481 e. The monoisotopic (exact) mass is 654 g/mol. The predicted molar refractivity (Wildman–Crippen MR) is 168 cm³/mol. The molecule has 1 aromatic carbocycles. The first-order chi connectivity index (χ1) is 22.0. The quantitative estimate of drug-likeness (QED) is 0.391. The predicted octanol–water partition coefficient (Wildman–Crippen LogP) is 3.19. The summed E-state index contributed by atoms with van der Waals surface area (Å²) in [6, 6.07) is 3.79.